The van der Waals surface area contributed by atoms with Crippen molar-refractivity contribution in [2.75, 3.05) is 40.3 Å². The molecule has 31 heavy (non-hydrogen) atoms. The molecule has 2 fully saturated rings. The Kier molecular flexibility index (Phi) is 7.24. The lowest BCUT2D eigenvalue weighted by Gasteiger charge is -2.54. The molecule has 2 N–H and O–H groups in total. The molecule has 9 nitrogen and oxygen atoms in total. The first-order valence-corrected chi connectivity index (χ1v) is 9.08. The molecule has 2 heterocycles. The molecule has 0 bridgehead atoms. The van der Waals surface area contributed by atoms with Crippen LogP contribution in [0.25, 0.3) is 0 Å². The molecule has 3 rings (SSSR count). The number of carbonyl (C=O) groups is 3. The summed E-state index contributed by atoms with van der Waals surface area (Å²) in [4.78, 5) is 36.9. The number of carboxylic acid groups (broad SMARTS) is 1. The van der Waals surface area contributed by atoms with Gasteiger partial charge >= 0.3 is 12.1 Å². The number of aliphatic carboxylic acids is 1. The van der Waals surface area contributed by atoms with Crippen molar-refractivity contribution >= 4 is 17.8 Å². The minimum Gasteiger partial charge on any atom is -0.475 e. The zero-order chi connectivity index (χ0) is 23.4. The Morgan fingerprint density at radius 2 is 1.90 bits per heavy atom. The highest BCUT2D eigenvalue weighted by Crippen LogP contribution is 2.31. The molecule has 0 saturated carbocycles. The summed E-state index contributed by atoms with van der Waals surface area (Å²) < 4.78 is 37.7. The van der Waals surface area contributed by atoms with Gasteiger partial charge in [-0.15, -0.1) is 0 Å². The average Bonchev–Trinajstić information content (AvgIpc) is 2.70. The van der Waals surface area contributed by atoms with Gasteiger partial charge in [0, 0.05) is 19.2 Å². The summed E-state index contributed by atoms with van der Waals surface area (Å²) >= 11 is 0. The van der Waals surface area contributed by atoms with E-state index in [4.69, 9.17) is 19.9 Å². The molecular formula is C19H21F3N4O5. The molecule has 0 radical (unpaired) electrons. The third-order valence-corrected chi connectivity index (χ3v) is 4.89. The topological polar surface area (TPSA) is 123 Å². The van der Waals surface area contributed by atoms with Crippen LogP contribution in [0.5, 0.6) is 0 Å². The van der Waals surface area contributed by atoms with Crippen LogP contribution in [-0.4, -0.2) is 90.8 Å². The second kappa shape index (κ2) is 9.32. The van der Waals surface area contributed by atoms with Gasteiger partial charge in [0.15, 0.2) is 0 Å². The highest BCUT2D eigenvalue weighted by atomic mass is 19.4. The molecule has 1 atom stereocenters. The van der Waals surface area contributed by atoms with Crippen LogP contribution in [0.4, 0.5) is 13.2 Å². The number of ether oxygens (including phenoxy) is 1. The number of nitrogens with one attached hydrogen (secondary N) is 1. The highest BCUT2D eigenvalue weighted by Gasteiger charge is 2.51. The molecular weight excluding hydrogens is 421 g/mol. The summed E-state index contributed by atoms with van der Waals surface area (Å²) in [5, 5.41) is 18.7. The van der Waals surface area contributed by atoms with Gasteiger partial charge < -0.3 is 20.1 Å². The number of amides is 2. The average molecular weight is 442 g/mol. The summed E-state index contributed by atoms with van der Waals surface area (Å²) in [6.45, 7) is 1.91. The van der Waals surface area contributed by atoms with Gasteiger partial charge in [-0.25, -0.2) is 4.79 Å². The van der Waals surface area contributed by atoms with Crippen molar-refractivity contribution in [1.29, 1.82) is 5.26 Å². The van der Waals surface area contributed by atoms with Gasteiger partial charge in [-0.1, -0.05) is 6.07 Å². The van der Waals surface area contributed by atoms with E-state index in [9.17, 15) is 22.8 Å². The van der Waals surface area contributed by atoms with E-state index >= 15 is 0 Å². The lowest BCUT2D eigenvalue weighted by Crippen LogP contribution is -2.73. The first kappa shape index (κ1) is 24.1. The van der Waals surface area contributed by atoms with Crippen LogP contribution in [0.3, 0.4) is 0 Å². The van der Waals surface area contributed by atoms with E-state index in [0.29, 0.717) is 37.4 Å². The molecule has 2 saturated heterocycles. The Morgan fingerprint density at radius 1 is 1.29 bits per heavy atom. The number of hydrogen-bond acceptors (Lipinski definition) is 6. The Hall–Kier alpha value is -3.17. The van der Waals surface area contributed by atoms with Crippen LogP contribution in [0, 0.1) is 11.3 Å². The fourth-order valence-corrected chi connectivity index (χ4v) is 3.32. The first-order valence-electron chi connectivity index (χ1n) is 9.08. The minimum atomic E-state index is -5.08. The van der Waals surface area contributed by atoms with Gasteiger partial charge in [-0.2, -0.15) is 18.4 Å². The number of rotatable bonds is 2. The van der Waals surface area contributed by atoms with E-state index in [1.807, 2.05) is 18.0 Å². The first-order chi connectivity index (χ1) is 14.4. The molecule has 1 unspecified atom stereocenters. The number of nitrogens with zero attached hydrogens (tertiary/aromatic N) is 3. The second-order valence-electron chi connectivity index (χ2n) is 7.20. The summed E-state index contributed by atoms with van der Waals surface area (Å²) in [5.41, 5.74) is 0.580. The molecule has 12 heteroatoms. The number of halogens is 3. The van der Waals surface area contributed by atoms with E-state index in [1.54, 1.807) is 36.2 Å². The number of morpholine rings is 1. The minimum absolute atomic E-state index is 0.0621. The van der Waals surface area contributed by atoms with Crippen molar-refractivity contribution in [3.05, 3.63) is 35.4 Å². The lowest BCUT2D eigenvalue weighted by molar-refractivity contribution is -0.192. The van der Waals surface area contributed by atoms with Crippen LogP contribution in [-0.2, 0) is 14.3 Å². The van der Waals surface area contributed by atoms with Crippen molar-refractivity contribution in [2.45, 2.75) is 17.8 Å². The lowest BCUT2D eigenvalue weighted by atomic mass is 9.90. The van der Waals surface area contributed by atoms with Crippen molar-refractivity contribution in [3.63, 3.8) is 0 Å². The van der Waals surface area contributed by atoms with E-state index in [0.717, 1.165) is 0 Å². The third-order valence-electron chi connectivity index (χ3n) is 4.89. The molecule has 2 amide bonds. The normalized spacial score (nSPS) is 20.0. The van der Waals surface area contributed by atoms with Gasteiger partial charge in [0.1, 0.15) is 11.6 Å². The maximum atomic E-state index is 12.5. The van der Waals surface area contributed by atoms with Crippen LogP contribution in [0.15, 0.2) is 24.3 Å². The number of benzene rings is 1. The van der Waals surface area contributed by atoms with Crippen LogP contribution >= 0.6 is 0 Å². The van der Waals surface area contributed by atoms with E-state index in [1.165, 1.54) is 0 Å². The summed E-state index contributed by atoms with van der Waals surface area (Å²) in [6.07, 6.45) is -5.08. The van der Waals surface area contributed by atoms with Crippen LogP contribution in [0.1, 0.15) is 15.9 Å². The van der Waals surface area contributed by atoms with Gasteiger partial charge in [0.25, 0.3) is 5.91 Å². The van der Waals surface area contributed by atoms with E-state index < -0.39 is 17.7 Å². The van der Waals surface area contributed by atoms with Crippen molar-refractivity contribution in [1.82, 2.24) is 15.1 Å². The molecule has 0 aromatic heterocycles. The SMILES string of the molecule is CNC(=O)C1COC2(CN(C(=O)c3cccc(C#N)c3)C2)CN1C.O=C(O)C(F)(F)F. The number of alkyl halides is 3. The monoisotopic (exact) mass is 442 g/mol. The molecule has 2 aliphatic heterocycles. The van der Waals surface area contributed by atoms with Gasteiger partial charge in [-0.3, -0.25) is 14.5 Å². The smallest absolute Gasteiger partial charge is 0.475 e. The molecule has 1 spiro atoms. The summed E-state index contributed by atoms with van der Waals surface area (Å²) in [5.74, 6) is -2.92. The largest absolute Gasteiger partial charge is 0.490 e. The fraction of sp³-hybridized carbons (Fsp3) is 0.474. The van der Waals surface area contributed by atoms with E-state index in [2.05, 4.69) is 5.32 Å². The quantitative estimate of drug-likeness (QED) is 0.682. The summed E-state index contributed by atoms with van der Waals surface area (Å²) in [7, 11) is 3.50. The molecule has 2 aliphatic rings. The number of hydrogen-bond donors (Lipinski definition) is 2. The van der Waals surface area contributed by atoms with Crippen molar-refractivity contribution in [3.8, 4) is 6.07 Å². The number of likely N-dealkylation sites (N-methyl/N-ethyl adjacent to an activating group) is 2. The number of carboxylic acids is 1. The Labute approximate surface area is 176 Å². The Balaban J connectivity index is 0.000000423. The molecule has 0 aliphatic carbocycles. The maximum Gasteiger partial charge on any atom is 0.490 e. The Morgan fingerprint density at radius 3 is 2.39 bits per heavy atom. The van der Waals surface area contributed by atoms with Gasteiger partial charge in [0.2, 0.25) is 5.91 Å². The van der Waals surface area contributed by atoms with E-state index in [-0.39, 0.29) is 17.9 Å². The van der Waals surface area contributed by atoms with Crippen LogP contribution in [0.2, 0.25) is 0 Å². The van der Waals surface area contributed by atoms with Gasteiger partial charge in [0.05, 0.1) is 31.3 Å². The number of carbonyl (C=O) groups excluding carboxylic acids is 2. The zero-order valence-electron chi connectivity index (χ0n) is 16.8. The Bertz CT molecular complexity index is 893. The second-order valence-corrected chi connectivity index (χ2v) is 7.20. The predicted octanol–water partition coefficient (Wildman–Crippen LogP) is 0.463. The number of likely N-dealkylation sites (tertiary alicyclic amines) is 1. The number of nitriles is 1. The maximum absolute atomic E-state index is 12.5. The molecule has 1 aromatic rings. The highest BCUT2D eigenvalue weighted by molar-refractivity contribution is 5.95. The summed E-state index contributed by atoms with van der Waals surface area (Å²) in [6, 6.07) is 8.44. The van der Waals surface area contributed by atoms with Gasteiger partial charge in [-0.05, 0) is 25.2 Å². The molecule has 1 aromatic carbocycles. The van der Waals surface area contributed by atoms with Crippen LogP contribution < -0.4 is 5.32 Å². The van der Waals surface area contributed by atoms with Crippen molar-refractivity contribution in [2.24, 2.45) is 0 Å². The molecule has 168 valence electrons. The fourth-order valence-electron chi connectivity index (χ4n) is 3.32. The standard InChI is InChI=1S/C17H20N4O3.C2HF3O2/c1-19-15(22)14-8-24-17(9-20(14)2)10-21(11-17)16(23)13-5-3-4-12(6-13)7-18;3-2(4,5)1(6)7/h3-6,14H,8-11H2,1-2H3,(H,19,22);(H,6,7). The zero-order valence-corrected chi connectivity index (χ0v) is 16.8. The third kappa shape index (κ3) is 5.71. The predicted molar refractivity (Wildman–Crippen MR) is 99.9 cm³/mol. The van der Waals surface area contributed by atoms with Crippen molar-refractivity contribution < 1.29 is 37.4 Å².